The molecule has 18 heavy (non-hydrogen) atoms. The summed E-state index contributed by atoms with van der Waals surface area (Å²) in [5.74, 6) is 0.522. The van der Waals surface area contributed by atoms with E-state index >= 15 is 0 Å². The molecule has 0 aliphatic rings. The lowest BCUT2D eigenvalue weighted by atomic mass is 10.2. The highest BCUT2D eigenvalue weighted by Crippen LogP contribution is 1.99. The minimum Gasteiger partial charge on any atom is -0.354 e. The van der Waals surface area contributed by atoms with Gasteiger partial charge in [-0.3, -0.25) is 9.48 Å². The van der Waals surface area contributed by atoms with Crippen LogP contribution >= 0.6 is 0 Å². The molecule has 102 valence electrons. The number of nitrogens with one attached hydrogen (secondary N) is 2. The quantitative estimate of drug-likeness (QED) is 0.765. The van der Waals surface area contributed by atoms with Gasteiger partial charge in [0.1, 0.15) is 0 Å². The van der Waals surface area contributed by atoms with E-state index in [-0.39, 0.29) is 11.9 Å². The lowest BCUT2D eigenvalue weighted by molar-refractivity contribution is -0.122. The summed E-state index contributed by atoms with van der Waals surface area (Å²) in [5, 5.41) is 10.3. The Balaban J connectivity index is 2.36. The smallest absolute Gasteiger partial charge is 0.236 e. The lowest BCUT2D eigenvalue weighted by Gasteiger charge is -2.15. The summed E-state index contributed by atoms with van der Waals surface area (Å²) >= 11 is 0. The van der Waals surface area contributed by atoms with E-state index in [4.69, 9.17) is 0 Å². The number of aryl methyl sites for hydroxylation is 1. The molecule has 0 aliphatic carbocycles. The van der Waals surface area contributed by atoms with E-state index in [1.807, 2.05) is 17.7 Å². The Kier molecular flexibility index (Phi) is 5.85. The zero-order valence-electron chi connectivity index (χ0n) is 11.7. The van der Waals surface area contributed by atoms with Crippen LogP contribution in [0.3, 0.4) is 0 Å². The topological polar surface area (TPSA) is 59.0 Å². The van der Waals surface area contributed by atoms with Crippen molar-refractivity contribution in [3.8, 4) is 0 Å². The van der Waals surface area contributed by atoms with Crippen molar-refractivity contribution in [3.05, 3.63) is 18.0 Å². The first-order valence-corrected chi connectivity index (χ1v) is 6.56. The molecule has 1 atom stereocenters. The maximum absolute atomic E-state index is 11.8. The van der Waals surface area contributed by atoms with Gasteiger partial charge < -0.3 is 10.6 Å². The van der Waals surface area contributed by atoms with Crippen molar-refractivity contribution in [3.63, 3.8) is 0 Å². The van der Waals surface area contributed by atoms with Crippen molar-refractivity contribution in [2.75, 3.05) is 6.54 Å². The first-order chi connectivity index (χ1) is 8.54. The van der Waals surface area contributed by atoms with Crippen LogP contribution in [0.2, 0.25) is 0 Å². The predicted octanol–water partition coefficient (Wildman–Crippen LogP) is 1.15. The summed E-state index contributed by atoms with van der Waals surface area (Å²) in [7, 11) is 0. The van der Waals surface area contributed by atoms with Crippen molar-refractivity contribution in [2.24, 2.45) is 5.92 Å². The van der Waals surface area contributed by atoms with Gasteiger partial charge in [0.25, 0.3) is 0 Å². The van der Waals surface area contributed by atoms with Crippen LogP contribution < -0.4 is 10.6 Å². The number of nitrogens with zero attached hydrogens (tertiary/aromatic N) is 2. The Morgan fingerprint density at radius 2 is 2.17 bits per heavy atom. The van der Waals surface area contributed by atoms with Gasteiger partial charge in [0.15, 0.2) is 0 Å². The second-order valence-corrected chi connectivity index (χ2v) is 4.88. The average Bonchev–Trinajstić information content (AvgIpc) is 2.80. The number of aromatic nitrogens is 2. The summed E-state index contributed by atoms with van der Waals surface area (Å²) in [4.78, 5) is 11.8. The number of carbonyl (C=O) groups excluding carboxylic acids is 1. The van der Waals surface area contributed by atoms with Crippen LogP contribution in [0.1, 0.15) is 33.4 Å². The molecule has 0 saturated heterocycles. The highest BCUT2D eigenvalue weighted by atomic mass is 16.2. The van der Waals surface area contributed by atoms with Gasteiger partial charge in [-0.05, 0) is 25.8 Å². The van der Waals surface area contributed by atoms with Crippen molar-refractivity contribution >= 4 is 5.91 Å². The molecular formula is C13H24N4O. The third kappa shape index (κ3) is 4.49. The second kappa shape index (κ2) is 7.16. The molecule has 0 aromatic carbocycles. The molecule has 1 unspecified atom stereocenters. The third-order valence-corrected chi connectivity index (χ3v) is 2.77. The summed E-state index contributed by atoms with van der Waals surface area (Å²) in [6, 6.07) is 1.78. The molecule has 0 fully saturated rings. The van der Waals surface area contributed by atoms with Gasteiger partial charge in [0.2, 0.25) is 5.91 Å². The van der Waals surface area contributed by atoms with Crippen LogP contribution in [0.4, 0.5) is 0 Å². The van der Waals surface area contributed by atoms with Gasteiger partial charge in [0.05, 0.1) is 11.7 Å². The van der Waals surface area contributed by atoms with Gasteiger partial charge in [0, 0.05) is 25.8 Å². The number of hydrogen-bond acceptors (Lipinski definition) is 3. The van der Waals surface area contributed by atoms with E-state index in [1.165, 1.54) is 0 Å². The number of amides is 1. The van der Waals surface area contributed by atoms with Crippen LogP contribution in [0.25, 0.3) is 0 Å². The molecule has 0 bridgehead atoms. The van der Waals surface area contributed by atoms with Crippen LogP contribution in [-0.4, -0.2) is 28.3 Å². The van der Waals surface area contributed by atoms with E-state index in [0.29, 0.717) is 12.5 Å². The Morgan fingerprint density at radius 1 is 1.44 bits per heavy atom. The number of hydrogen-bond donors (Lipinski definition) is 2. The molecule has 0 saturated carbocycles. The molecule has 0 radical (unpaired) electrons. The standard InChI is InChI=1S/C13H24N4O/c1-5-17-12(6-7-16-17)9-14-11(4)13(18)15-8-10(2)3/h6-7,10-11,14H,5,8-9H2,1-4H3,(H,15,18). The molecule has 1 rings (SSSR count). The van der Waals surface area contributed by atoms with Gasteiger partial charge >= 0.3 is 0 Å². The van der Waals surface area contributed by atoms with Crippen molar-refractivity contribution < 1.29 is 4.79 Å². The molecule has 1 amide bonds. The molecule has 1 heterocycles. The molecule has 1 aromatic heterocycles. The Hall–Kier alpha value is -1.36. The zero-order valence-corrected chi connectivity index (χ0v) is 11.7. The highest BCUT2D eigenvalue weighted by molar-refractivity contribution is 5.81. The predicted molar refractivity (Wildman–Crippen MR) is 72.1 cm³/mol. The Morgan fingerprint density at radius 3 is 2.78 bits per heavy atom. The fourth-order valence-corrected chi connectivity index (χ4v) is 1.60. The van der Waals surface area contributed by atoms with Crippen molar-refractivity contribution in [2.45, 2.75) is 46.8 Å². The normalized spacial score (nSPS) is 12.7. The summed E-state index contributed by atoms with van der Waals surface area (Å²) < 4.78 is 1.92. The summed E-state index contributed by atoms with van der Waals surface area (Å²) in [6.07, 6.45) is 1.78. The van der Waals surface area contributed by atoms with Gasteiger partial charge in [-0.1, -0.05) is 13.8 Å². The Bertz CT molecular complexity index is 373. The van der Waals surface area contributed by atoms with E-state index in [0.717, 1.165) is 18.8 Å². The van der Waals surface area contributed by atoms with Gasteiger partial charge in [-0.15, -0.1) is 0 Å². The lowest BCUT2D eigenvalue weighted by Crippen LogP contribution is -2.43. The minimum absolute atomic E-state index is 0.0475. The van der Waals surface area contributed by atoms with Crippen LogP contribution in [0.5, 0.6) is 0 Å². The monoisotopic (exact) mass is 252 g/mol. The molecule has 5 heteroatoms. The number of rotatable bonds is 7. The largest absolute Gasteiger partial charge is 0.354 e. The van der Waals surface area contributed by atoms with E-state index in [1.54, 1.807) is 6.20 Å². The van der Waals surface area contributed by atoms with Crippen LogP contribution in [0.15, 0.2) is 12.3 Å². The maximum atomic E-state index is 11.8. The fourth-order valence-electron chi connectivity index (χ4n) is 1.60. The first kappa shape index (κ1) is 14.7. The fraction of sp³-hybridized carbons (Fsp3) is 0.692. The summed E-state index contributed by atoms with van der Waals surface area (Å²) in [6.45, 7) is 10.3. The van der Waals surface area contributed by atoms with E-state index < -0.39 is 0 Å². The minimum atomic E-state index is -0.191. The molecular weight excluding hydrogens is 228 g/mol. The van der Waals surface area contributed by atoms with Gasteiger partial charge in [-0.25, -0.2) is 0 Å². The molecule has 0 aliphatic heterocycles. The van der Waals surface area contributed by atoms with Crippen molar-refractivity contribution in [1.29, 1.82) is 0 Å². The first-order valence-electron chi connectivity index (χ1n) is 6.56. The van der Waals surface area contributed by atoms with Gasteiger partial charge in [-0.2, -0.15) is 5.10 Å². The molecule has 0 spiro atoms. The third-order valence-electron chi connectivity index (χ3n) is 2.77. The van der Waals surface area contributed by atoms with E-state index in [9.17, 15) is 4.79 Å². The van der Waals surface area contributed by atoms with E-state index in [2.05, 4.69) is 36.5 Å². The molecule has 1 aromatic rings. The SMILES string of the molecule is CCn1nccc1CNC(C)C(=O)NCC(C)C. The zero-order chi connectivity index (χ0) is 13.5. The molecule has 5 nitrogen and oxygen atoms in total. The molecule has 2 N–H and O–H groups in total. The Labute approximate surface area is 109 Å². The highest BCUT2D eigenvalue weighted by Gasteiger charge is 2.12. The van der Waals surface area contributed by atoms with Crippen LogP contribution in [0, 0.1) is 5.92 Å². The number of carbonyl (C=O) groups is 1. The summed E-state index contributed by atoms with van der Waals surface area (Å²) in [5.41, 5.74) is 1.10. The second-order valence-electron chi connectivity index (χ2n) is 4.88. The van der Waals surface area contributed by atoms with Crippen molar-refractivity contribution in [1.82, 2.24) is 20.4 Å². The maximum Gasteiger partial charge on any atom is 0.236 e. The van der Waals surface area contributed by atoms with Crippen LogP contribution in [-0.2, 0) is 17.9 Å². The average molecular weight is 252 g/mol.